The minimum absolute atomic E-state index is 1.07. The van der Waals surface area contributed by atoms with Crippen LogP contribution in [-0.4, -0.2) is 6.54 Å². The highest BCUT2D eigenvalue weighted by Gasteiger charge is 2.21. The average molecular weight is 489 g/mol. The summed E-state index contributed by atoms with van der Waals surface area (Å²) in [5.41, 5.74) is 19.8. The van der Waals surface area contributed by atoms with Crippen LogP contribution in [0.4, 0.5) is 0 Å². The topological polar surface area (TPSA) is 38.0 Å². The van der Waals surface area contributed by atoms with Gasteiger partial charge in [0.15, 0.2) is 0 Å². The first-order valence-electron chi connectivity index (χ1n) is 14.4. The van der Waals surface area contributed by atoms with Gasteiger partial charge in [0.25, 0.3) is 0 Å². The van der Waals surface area contributed by atoms with E-state index in [9.17, 15) is 0 Å². The molecule has 2 nitrogen and oxygen atoms in total. The molecule has 0 spiro atoms. The van der Waals surface area contributed by atoms with Gasteiger partial charge in [-0.1, -0.05) is 65.8 Å². The summed E-state index contributed by atoms with van der Waals surface area (Å²) < 4.78 is 0. The van der Waals surface area contributed by atoms with Gasteiger partial charge in [0, 0.05) is 6.54 Å². The van der Waals surface area contributed by atoms with Crippen molar-refractivity contribution >= 4 is 11.1 Å². The van der Waals surface area contributed by atoms with Gasteiger partial charge in [-0.25, -0.2) is 0 Å². The molecule has 5 aliphatic rings. The van der Waals surface area contributed by atoms with Crippen LogP contribution in [0, 0.1) is 0 Å². The van der Waals surface area contributed by atoms with Crippen molar-refractivity contribution in [2.24, 2.45) is 5.73 Å². The minimum atomic E-state index is 1.07. The van der Waals surface area contributed by atoms with E-state index in [0.29, 0.717) is 0 Å². The third-order valence-corrected chi connectivity index (χ3v) is 8.93. The highest BCUT2D eigenvalue weighted by Crippen LogP contribution is 2.38. The van der Waals surface area contributed by atoms with Gasteiger partial charge in [-0.05, 0) is 139 Å². The van der Waals surface area contributed by atoms with Gasteiger partial charge >= 0.3 is 0 Å². The predicted molar refractivity (Wildman–Crippen MR) is 157 cm³/mol. The summed E-state index contributed by atoms with van der Waals surface area (Å²) in [6.45, 7) is 1.10. The van der Waals surface area contributed by atoms with Crippen molar-refractivity contribution in [1.29, 1.82) is 0 Å². The Labute approximate surface area is 222 Å². The second-order valence-electron chi connectivity index (χ2n) is 11.1. The Kier molecular flexibility index (Phi) is 7.17. The molecule has 190 valence electrons. The van der Waals surface area contributed by atoms with Crippen molar-refractivity contribution in [2.75, 3.05) is 6.54 Å². The SMILES string of the molecule is N/C=C(\CCCC1=CNCC1)C1=CC=C(C2=c3ccccc3=C(C3=CC4=C(CCC=C4)CC3)CC2)CC1. The van der Waals surface area contributed by atoms with Crippen LogP contribution in [0.2, 0.25) is 0 Å². The summed E-state index contributed by atoms with van der Waals surface area (Å²) >= 11 is 0. The molecule has 0 atom stereocenters. The average Bonchev–Trinajstić information content (AvgIpc) is 3.48. The van der Waals surface area contributed by atoms with Crippen LogP contribution in [0.3, 0.4) is 0 Å². The van der Waals surface area contributed by atoms with Crippen molar-refractivity contribution in [1.82, 2.24) is 5.32 Å². The van der Waals surface area contributed by atoms with E-state index in [-0.39, 0.29) is 0 Å². The molecule has 0 saturated carbocycles. The molecular formula is C35H40N2. The van der Waals surface area contributed by atoms with E-state index in [1.807, 2.05) is 6.20 Å². The van der Waals surface area contributed by atoms with E-state index in [2.05, 4.69) is 66.2 Å². The van der Waals surface area contributed by atoms with Crippen LogP contribution >= 0.6 is 0 Å². The Morgan fingerprint density at radius 3 is 2.41 bits per heavy atom. The van der Waals surface area contributed by atoms with Crippen LogP contribution in [0.5, 0.6) is 0 Å². The molecule has 0 amide bonds. The van der Waals surface area contributed by atoms with Gasteiger partial charge in [0.1, 0.15) is 0 Å². The molecule has 0 aromatic heterocycles. The molecule has 0 bridgehead atoms. The molecular weight excluding hydrogens is 448 g/mol. The summed E-state index contributed by atoms with van der Waals surface area (Å²) in [7, 11) is 0. The van der Waals surface area contributed by atoms with E-state index in [1.54, 1.807) is 27.9 Å². The monoisotopic (exact) mass is 488 g/mol. The maximum atomic E-state index is 6.09. The lowest BCUT2D eigenvalue weighted by Crippen LogP contribution is -2.33. The molecule has 1 aromatic carbocycles. The van der Waals surface area contributed by atoms with Gasteiger partial charge in [-0.15, -0.1) is 0 Å². The Hall–Kier alpha value is -3.26. The standard InChI is InChI=1S/C35H40N2/c36-23-31(9-5-6-25-20-21-37-24-25)27-12-15-28(16-13-27)32-18-19-33(35-11-4-3-10-34(32)35)30-17-14-26-7-1-2-8-29(26)22-30/h2-4,8,10-12,15,22-24,37H,1,5-7,9,13-14,16-21,36H2/b31-23+. The smallest absolute Gasteiger partial charge is 0.0179 e. The molecule has 0 saturated heterocycles. The molecule has 6 rings (SSSR count). The molecule has 0 radical (unpaired) electrons. The van der Waals surface area contributed by atoms with Crippen LogP contribution < -0.4 is 21.5 Å². The Balaban J connectivity index is 1.27. The quantitative estimate of drug-likeness (QED) is 0.449. The first kappa shape index (κ1) is 24.1. The lowest BCUT2D eigenvalue weighted by Gasteiger charge is -2.26. The maximum absolute atomic E-state index is 6.09. The Morgan fingerprint density at radius 2 is 1.68 bits per heavy atom. The number of rotatable bonds is 7. The molecule has 0 unspecified atom stereocenters. The molecule has 1 aromatic rings. The van der Waals surface area contributed by atoms with Crippen molar-refractivity contribution in [3.8, 4) is 0 Å². The van der Waals surface area contributed by atoms with Crippen molar-refractivity contribution in [2.45, 2.75) is 77.0 Å². The molecule has 1 aliphatic heterocycles. The first-order valence-corrected chi connectivity index (χ1v) is 14.4. The predicted octanol–water partition coefficient (Wildman–Crippen LogP) is 6.69. The van der Waals surface area contributed by atoms with Crippen LogP contribution in [0.15, 0.2) is 106 Å². The summed E-state index contributed by atoms with van der Waals surface area (Å²) in [5.74, 6) is 0. The molecule has 0 fully saturated rings. The fourth-order valence-corrected chi connectivity index (χ4v) is 6.86. The lowest BCUT2D eigenvalue weighted by molar-refractivity contribution is 0.771. The van der Waals surface area contributed by atoms with Crippen LogP contribution in [0.25, 0.3) is 11.1 Å². The summed E-state index contributed by atoms with van der Waals surface area (Å²) in [6, 6.07) is 9.16. The van der Waals surface area contributed by atoms with E-state index in [0.717, 1.165) is 38.6 Å². The molecule has 3 N–H and O–H groups in total. The second kappa shape index (κ2) is 11.0. The molecule has 2 heteroatoms. The van der Waals surface area contributed by atoms with Crippen LogP contribution in [-0.2, 0) is 0 Å². The minimum Gasteiger partial charge on any atom is -0.404 e. The normalized spacial score (nSPS) is 21.6. The zero-order valence-electron chi connectivity index (χ0n) is 22.1. The number of nitrogens with one attached hydrogen (secondary N) is 1. The fraction of sp³-hybridized carbons (Fsp3) is 0.371. The highest BCUT2D eigenvalue weighted by molar-refractivity contribution is 5.76. The van der Waals surface area contributed by atoms with E-state index < -0.39 is 0 Å². The molecule has 1 heterocycles. The zero-order valence-corrected chi connectivity index (χ0v) is 22.1. The third kappa shape index (κ3) is 5.12. The molecule has 4 aliphatic carbocycles. The number of hydrogen-bond acceptors (Lipinski definition) is 2. The van der Waals surface area contributed by atoms with E-state index in [1.165, 1.54) is 77.7 Å². The van der Waals surface area contributed by atoms with Crippen molar-refractivity contribution < 1.29 is 0 Å². The first-order chi connectivity index (χ1) is 18.3. The number of hydrogen-bond donors (Lipinski definition) is 2. The zero-order chi connectivity index (χ0) is 25.0. The number of nitrogens with two attached hydrogens (primary N) is 1. The lowest BCUT2D eigenvalue weighted by atomic mass is 9.79. The largest absolute Gasteiger partial charge is 0.404 e. The summed E-state index contributed by atoms with van der Waals surface area (Å²) in [4.78, 5) is 0. The van der Waals surface area contributed by atoms with Crippen molar-refractivity contribution in [3.63, 3.8) is 0 Å². The van der Waals surface area contributed by atoms with Gasteiger partial charge in [-0.3, -0.25) is 0 Å². The Morgan fingerprint density at radius 1 is 0.865 bits per heavy atom. The van der Waals surface area contributed by atoms with Gasteiger partial charge < -0.3 is 11.1 Å². The number of allylic oxidation sites excluding steroid dienone is 11. The van der Waals surface area contributed by atoms with E-state index >= 15 is 0 Å². The van der Waals surface area contributed by atoms with Gasteiger partial charge in [-0.2, -0.15) is 0 Å². The summed E-state index contributed by atoms with van der Waals surface area (Å²) in [5, 5.41) is 6.25. The number of benzene rings is 1. The fourth-order valence-electron chi connectivity index (χ4n) is 6.86. The third-order valence-electron chi connectivity index (χ3n) is 8.93. The summed E-state index contributed by atoms with van der Waals surface area (Å²) in [6.07, 6.45) is 30.0. The van der Waals surface area contributed by atoms with Gasteiger partial charge in [0.05, 0.1) is 0 Å². The highest BCUT2D eigenvalue weighted by atomic mass is 14.8. The second-order valence-corrected chi connectivity index (χ2v) is 11.1. The number of fused-ring (bicyclic) bond motifs is 1. The Bertz CT molecular complexity index is 1420. The van der Waals surface area contributed by atoms with Gasteiger partial charge in [0.2, 0.25) is 0 Å². The molecule has 37 heavy (non-hydrogen) atoms. The van der Waals surface area contributed by atoms with Crippen LogP contribution in [0.1, 0.15) is 77.0 Å². The maximum Gasteiger partial charge on any atom is 0.0179 e. The van der Waals surface area contributed by atoms with Crippen molar-refractivity contribution in [3.05, 3.63) is 116 Å². The van der Waals surface area contributed by atoms with E-state index in [4.69, 9.17) is 5.73 Å².